The lowest BCUT2D eigenvalue weighted by Crippen LogP contribution is -2.21. The summed E-state index contributed by atoms with van der Waals surface area (Å²) >= 11 is 6.79. The Bertz CT molecular complexity index is 304. The van der Waals surface area contributed by atoms with Gasteiger partial charge in [-0.25, -0.2) is 0 Å². The molecule has 0 saturated carbocycles. The van der Waals surface area contributed by atoms with Crippen LogP contribution in [0.4, 0.5) is 0 Å². The molecule has 0 saturated heterocycles. The number of esters is 2. The third-order valence-electron chi connectivity index (χ3n) is 4.13. The van der Waals surface area contributed by atoms with Crippen LogP contribution in [0, 0.1) is 11.8 Å². The minimum Gasteiger partial charge on any atom is -0.468 e. The number of carbonyl (C=O) groups excluding carboxylic acids is 2. The number of ether oxygens (including phenoxy) is 2. The summed E-state index contributed by atoms with van der Waals surface area (Å²) < 4.78 is 9.50. The van der Waals surface area contributed by atoms with Gasteiger partial charge in [0.1, 0.15) is 9.65 Å². The maximum atomic E-state index is 11.5. The van der Waals surface area contributed by atoms with E-state index in [0.717, 1.165) is 38.5 Å². The highest BCUT2D eigenvalue weighted by Crippen LogP contribution is 2.28. The lowest BCUT2D eigenvalue weighted by molar-refractivity contribution is -0.141. The van der Waals surface area contributed by atoms with Crippen molar-refractivity contribution in [3.8, 4) is 0 Å². The van der Waals surface area contributed by atoms with Crippen molar-refractivity contribution in [3.05, 3.63) is 0 Å². The second-order valence-corrected chi connectivity index (χ2v) is 7.79. The van der Waals surface area contributed by atoms with E-state index in [9.17, 15) is 9.59 Å². The van der Waals surface area contributed by atoms with Crippen molar-refractivity contribution >= 4 is 43.8 Å². The van der Waals surface area contributed by atoms with Gasteiger partial charge in [-0.1, -0.05) is 71.4 Å². The molecule has 0 aliphatic heterocycles. The molecule has 0 bridgehead atoms. The van der Waals surface area contributed by atoms with Gasteiger partial charge in [0.05, 0.1) is 14.2 Å². The highest BCUT2D eigenvalue weighted by molar-refractivity contribution is 9.10. The van der Waals surface area contributed by atoms with Gasteiger partial charge in [0.2, 0.25) is 0 Å². The molecule has 0 heterocycles. The molecule has 6 heteroatoms. The molecule has 0 aliphatic rings. The molecule has 0 aromatic carbocycles. The largest absolute Gasteiger partial charge is 0.468 e. The van der Waals surface area contributed by atoms with Crippen LogP contribution in [0.3, 0.4) is 0 Å². The van der Waals surface area contributed by atoms with E-state index in [1.165, 1.54) is 14.2 Å². The van der Waals surface area contributed by atoms with Crippen LogP contribution in [0.2, 0.25) is 0 Å². The van der Waals surface area contributed by atoms with Crippen LogP contribution in [0.25, 0.3) is 0 Å². The summed E-state index contributed by atoms with van der Waals surface area (Å²) in [5.74, 6) is 0.530. The summed E-state index contributed by atoms with van der Waals surface area (Å²) in [6.07, 6.45) is 5.74. The molecular weight excluding hydrogens is 416 g/mol. The first-order chi connectivity index (χ1) is 10.4. The molecule has 4 nitrogen and oxygen atoms in total. The smallest absolute Gasteiger partial charge is 0.319 e. The molecule has 0 aromatic heterocycles. The molecule has 4 unspecified atom stereocenters. The number of carbonyl (C=O) groups is 2. The van der Waals surface area contributed by atoms with Gasteiger partial charge >= 0.3 is 11.9 Å². The van der Waals surface area contributed by atoms with Crippen molar-refractivity contribution in [3.63, 3.8) is 0 Å². The van der Waals surface area contributed by atoms with Crippen LogP contribution in [-0.2, 0) is 19.1 Å². The summed E-state index contributed by atoms with van der Waals surface area (Å²) in [5, 5.41) is 0. The zero-order valence-electron chi connectivity index (χ0n) is 13.9. The van der Waals surface area contributed by atoms with E-state index in [1.807, 2.05) is 0 Å². The SMILES string of the molecule is CCC(CCC(CC)CC(Br)C(=O)OC)CC(Br)C(=O)OC. The average molecular weight is 444 g/mol. The normalized spacial score (nSPS) is 16.5. The van der Waals surface area contributed by atoms with Crippen LogP contribution in [0.5, 0.6) is 0 Å². The maximum absolute atomic E-state index is 11.5. The van der Waals surface area contributed by atoms with Crippen molar-refractivity contribution in [2.45, 2.75) is 62.0 Å². The zero-order chi connectivity index (χ0) is 17.1. The number of hydrogen-bond donors (Lipinski definition) is 0. The minimum atomic E-state index is -0.235. The van der Waals surface area contributed by atoms with E-state index in [-0.39, 0.29) is 21.6 Å². The Morgan fingerprint density at radius 3 is 1.36 bits per heavy atom. The van der Waals surface area contributed by atoms with Gasteiger partial charge in [-0.3, -0.25) is 9.59 Å². The van der Waals surface area contributed by atoms with Crippen LogP contribution < -0.4 is 0 Å². The van der Waals surface area contributed by atoms with Gasteiger partial charge in [-0.2, -0.15) is 0 Å². The van der Waals surface area contributed by atoms with Crippen molar-refractivity contribution in [2.24, 2.45) is 11.8 Å². The molecule has 0 spiro atoms. The van der Waals surface area contributed by atoms with Crippen LogP contribution in [0.15, 0.2) is 0 Å². The van der Waals surface area contributed by atoms with Crippen molar-refractivity contribution in [1.82, 2.24) is 0 Å². The molecule has 0 aliphatic carbocycles. The summed E-state index contributed by atoms with van der Waals surface area (Å²) in [6.45, 7) is 4.29. The first-order valence-corrected chi connectivity index (χ1v) is 9.66. The Morgan fingerprint density at radius 1 is 0.818 bits per heavy atom. The lowest BCUT2D eigenvalue weighted by atomic mass is 9.87. The fourth-order valence-corrected chi connectivity index (χ4v) is 3.91. The third kappa shape index (κ3) is 8.51. The Kier molecular flexibility index (Phi) is 12.3. The molecule has 22 heavy (non-hydrogen) atoms. The Hall–Kier alpha value is -0.100. The lowest BCUT2D eigenvalue weighted by Gasteiger charge is -2.22. The summed E-state index contributed by atoms with van der Waals surface area (Å²) in [4.78, 5) is 22.5. The molecular formula is C16H28Br2O4. The van der Waals surface area contributed by atoms with E-state index >= 15 is 0 Å². The first-order valence-electron chi connectivity index (χ1n) is 7.83. The quantitative estimate of drug-likeness (QED) is 0.349. The Morgan fingerprint density at radius 2 is 1.14 bits per heavy atom. The number of methoxy groups -OCH3 is 2. The number of hydrogen-bond acceptors (Lipinski definition) is 4. The summed E-state index contributed by atoms with van der Waals surface area (Å²) in [7, 11) is 2.82. The average Bonchev–Trinajstić information content (AvgIpc) is 2.54. The minimum absolute atomic E-state index is 0.211. The second-order valence-electron chi connectivity index (χ2n) is 5.58. The number of rotatable bonds is 11. The second kappa shape index (κ2) is 12.3. The molecule has 0 radical (unpaired) electrons. The van der Waals surface area contributed by atoms with Gasteiger partial charge < -0.3 is 9.47 Å². The monoisotopic (exact) mass is 442 g/mol. The molecule has 0 fully saturated rings. The van der Waals surface area contributed by atoms with E-state index < -0.39 is 0 Å². The highest BCUT2D eigenvalue weighted by Gasteiger charge is 2.23. The van der Waals surface area contributed by atoms with Crippen molar-refractivity contribution in [2.75, 3.05) is 14.2 Å². The maximum Gasteiger partial charge on any atom is 0.319 e. The standard InChI is InChI=1S/C16H28Br2O4/c1-5-11(9-13(17)15(19)21-3)7-8-12(6-2)10-14(18)16(20)22-4/h11-14H,5-10H2,1-4H3. The van der Waals surface area contributed by atoms with Crippen molar-refractivity contribution in [1.29, 1.82) is 0 Å². The van der Waals surface area contributed by atoms with E-state index in [2.05, 4.69) is 45.7 Å². The number of halogens is 2. The highest BCUT2D eigenvalue weighted by atomic mass is 79.9. The predicted octanol–water partition coefficient (Wildman–Crippen LogP) is 4.47. The summed E-state index contributed by atoms with van der Waals surface area (Å²) in [5.41, 5.74) is 0. The van der Waals surface area contributed by atoms with Crippen LogP contribution >= 0.6 is 31.9 Å². The third-order valence-corrected chi connectivity index (χ3v) is 5.63. The van der Waals surface area contributed by atoms with E-state index in [4.69, 9.17) is 9.47 Å². The molecule has 0 amide bonds. The van der Waals surface area contributed by atoms with Gasteiger partial charge in [-0.05, 0) is 24.7 Å². The predicted molar refractivity (Wildman–Crippen MR) is 95.5 cm³/mol. The molecule has 0 N–H and O–H groups in total. The van der Waals surface area contributed by atoms with Crippen LogP contribution in [-0.4, -0.2) is 35.8 Å². The Balaban J connectivity index is 4.33. The first kappa shape index (κ1) is 21.9. The molecule has 0 aromatic rings. The molecule has 4 atom stereocenters. The molecule has 0 rings (SSSR count). The fraction of sp³-hybridized carbons (Fsp3) is 0.875. The zero-order valence-corrected chi connectivity index (χ0v) is 17.1. The number of alkyl halides is 2. The Labute approximate surface area is 150 Å². The van der Waals surface area contributed by atoms with Gasteiger partial charge in [0.15, 0.2) is 0 Å². The fourth-order valence-electron chi connectivity index (χ4n) is 2.48. The van der Waals surface area contributed by atoms with Gasteiger partial charge in [-0.15, -0.1) is 0 Å². The van der Waals surface area contributed by atoms with Crippen LogP contribution in [0.1, 0.15) is 52.4 Å². The van der Waals surface area contributed by atoms with Gasteiger partial charge in [0, 0.05) is 0 Å². The van der Waals surface area contributed by atoms with Gasteiger partial charge in [0.25, 0.3) is 0 Å². The summed E-state index contributed by atoms with van der Waals surface area (Å²) in [6, 6.07) is 0. The van der Waals surface area contributed by atoms with Crippen molar-refractivity contribution < 1.29 is 19.1 Å². The van der Waals surface area contributed by atoms with E-state index in [1.54, 1.807) is 0 Å². The molecule has 130 valence electrons. The topological polar surface area (TPSA) is 52.6 Å². The van der Waals surface area contributed by atoms with E-state index in [0.29, 0.717) is 11.8 Å².